The molecule has 1 unspecified atom stereocenters. The fourth-order valence-electron chi connectivity index (χ4n) is 2.09. The van der Waals surface area contributed by atoms with Gasteiger partial charge < -0.3 is 10.8 Å². The van der Waals surface area contributed by atoms with E-state index in [1.165, 1.54) is 0 Å². The summed E-state index contributed by atoms with van der Waals surface area (Å²) in [4.78, 5) is 0.0952. The van der Waals surface area contributed by atoms with Crippen molar-refractivity contribution in [1.82, 2.24) is 4.72 Å². The molecule has 1 atom stereocenters. The molecule has 120 valence electrons. The van der Waals surface area contributed by atoms with Crippen LogP contribution < -0.4 is 10.5 Å². The molecule has 0 bridgehead atoms. The molecular weight excluding hydrogens is 288 g/mol. The number of nitrogens with two attached hydrogens (primary N) is 1. The Morgan fingerprint density at radius 2 is 1.76 bits per heavy atom. The smallest absolute Gasteiger partial charge is 0.242 e. The van der Waals surface area contributed by atoms with Crippen molar-refractivity contribution in [2.45, 2.75) is 52.0 Å². The quantitative estimate of drug-likeness (QED) is 0.724. The van der Waals surface area contributed by atoms with Crippen LogP contribution in [-0.2, 0) is 10.0 Å². The Hall–Kier alpha value is -1.11. The van der Waals surface area contributed by atoms with Crippen LogP contribution in [0.2, 0.25) is 0 Å². The van der Waals surface area contributed by atoms with Crippen molar-refractivity contribution >= 4 is 15.7 Å². The minimum absolute atomic E-state index is 0.0765. The highest BCUT2D eigenvalue weighted by Gasteiger charge is 2.30. The van der Waals surface area contributed by atoms with E-state index in [-0.39, 0.29) is 28.6 Å². The Labute approximate surface area is 127 Å². The fraction of sp³-hybridized carbons (Fsp3) is 0.600. The van der Waals surface area contributed by atoms with Gasteiger partial charge in [0.2, 0.25) is 10.0 Å². The monoisotopic (exact) mass is 314 g/mol. The number of nitrogen functional groups attached to an aromatic ring is 1. The second-order valence-corrected chi connectivity index (χ2v) is 8.21. The van der Waals surface area contributed by atoms with Crippen LogP contribution in [0.15, 0.2) is 17.0 Å². The van der Waals surface area contributed by atoms with E-state index in [1.54, 1.807) is 12.1 Å². The fourth-order valence-corrected chi connectivity index (χ4v) is 3.77. The Kier molecular flexibility index (Phi) is 5.41. The molecule has 0 saturated carbocycles. The van der Waals surface area contributed by atoms with Crippen LogP contribution in [-0.4, -0.2) is 26.2 Å². The highest BCUT2D eigenvalue weighted by Crippen LogP contribution is 2.27. The molecule has 0 spiro atoms. The average Bonchev–Trinajstić information content (AvgIpc) is 2.31. The molecule has 0 aliphatic carbocycles. The van der Waals surface area contributed by atoms with E-state index in [4.69, 9.17) is 10.8 Å². The van der Waals surface area contributed by atoms with Gasteiger partial charge in [0.15, 0.2) is 0 Å². The molecule has 1 rings (SSSR count). The number of aliphatic hydroxyl groups excluding tert-OH is 1. The van der Waals surface area contributed by atoms with Crippen molar-refractivity contribution < 1.29 is 13.5 Å². The van der Waals surface area contributed by atoms with Crippen molar-refractivity contribution in [2.75, 3.05) is 12.3 Å². The van der Waals surface area contributed by atoms with E-state index >= 15 is 0 Å². The molecule has 0 amide bonds. The lowest BCUT2D eigenvalue weighted by molar-refractivity contribution is 0.214. The summed E-state index contributed by atoms with van der Waals surface area (Å²) < 4.78 is 27.8. The van der Waals surface area contributed by atoms with E-state index in [0.29, 0.717) is 6.42 Å². The maximum atomic E-state index is 12.6. The zero-order valence-corrected chi connectivity index (χ0v) is 14.2. The Morgan fingerprint density at radius 1 is 1.24 bits per heavy atom. The minimum Gasteiger partial charge on any atom is -0.398 e. The summed E-state index contributed by atoms with van der Waals surface area (Å²) in [5.41, 5.74) is 7.63. The number of anilines is 1. The molecule has 0 aliphatic heterocycles. The number of sulfonamides is 1. The molecule has 6 heteroatoms. The molecule has 0 saturated heterocycles. The summed E-state index contributed by atoms with van der Waals surface area (Å²) in [6.45, 7) is 9.45. The average molecular weight is 314 g/mol. The molecule has 4 N–H and O–H groups in total. The van der Waals surface area contributed by atoms with Gasteiger partial charge in [-0.2, -0.15) is 0 Å². The lowest BCUT2D eigenvalue weighted by Crippen LogP contribution is -2.44. The largest absolute Gasteiger partial charge is 0.398 e. The SMILES string of the molecule is Cc1cc(N)c(S(=O)(=O)NC(CCO)C(C)(C)C)cc1C. The van der Waals surface area contributed by atoms with Crippen molar-refractivity contribution in [1.29, 1.82) is 0 Å². The molecule has 0 radical (unpaired) electrons. The van der Waals surface area contributed by atoms with Crippen molar-refractivity contribution in [3.63, 3.8) is 0 Å². The summed E-state index contributed by atoms with van der Waals surface area (Å²) in [7, 11) is -3.72. The Bertz CT molecular complexity index is 604. The van der Waals surface area contributed by atoms with Gasteiger partial charge in [0.25, 0.3) is 0 Å². The third-order valence-electron chi connectivity index (χ3n) is 3.68. The van der Waals surface area contributed by atoms with Crippen LogP contribution >= 0.6 is 0 Å². The number of hydrogen-bond donors (Lipinski definition) is 3. The van der Waals surface area contributed by atoms with Crippen LogP contribution in [0.5, 0.6) is 0 Å². The minimum atomic E-state index is -3.72. The first kappa shape index (κ1) is 17.9. The molecule has 0 aliphatic rings. The van der Waals surface area contributed by atoms with Gasteiger partial charge in [-0.3, -0.25) is 0 Å². The van der Waals surface area contributed by atoms with Crippen LogP contribution in [0.4, 0.5) is 5.69 Å². The van der Waals surface area contributed by atoms with Gasteiger partial charge in [-0.05, 0) is 48.9 Å². The van der Waals surface area contributed by atoms with Crippen molar-refractivity contribution in [3.05, 3.63) is 23.3 Å². The summed E-state index contributed by atoms with van der Waals surface area (Å²) >= 11 is 0. The molecule has 5 nitrogen and oxygen atoms in total. The van der Waals surface area contributed by atoms with E-state index in [2.05, 4.69) is 4.72 Å². The summed E-state index contributed by atoms with van der Waals surface area (Å²) in [5, 5.41) is 9.14. The second kappa shape index (κ2) is 6.34. The van der Waals surface area contributed by atoms with Gasteiger partial charge in [-0.25, -0.2) is 13.1 Å². The Morgan fingerprint density at radius 3 is 2.24 bits per heavy atom. The maximum Gasteiger partial charge on any atom is 0.242 e. The molecular formula is C15H26N2O3S. The van der Waals surface area contributed by atoms with Gasteiger partial charge in [0.1, 0.15) is 4.90 Å². The molecule has 1 aromatic carbocycles. The first-order valence-electron chi connectivity index (χ1n) is 6.99. The first-order chi connectivity index (χ1) is 9.49. The first-order valence-corrected chi connectivity index (χ1v) is 8.47. The van der Waals surface area contributed by atoms with E-state index in [9.17, 15) is 8.42 Å². The van der Waals surface area contributed by atoms with Gasteiger partial charge in [0, 0.05) is 12.6 Å². The number of rotatable bonds is 5. The lowest BCUT2D eigenvalue weighted by Gasteiger charge is -2.31. The summed E-state index contributed by atoms with van der Waals surface area (Å²) in [6, 6.07) is 2.89. The zero-order chi connectivity index (χ0) is 16.4. The van der Waals surface area contributed by atoms with Crippen molar-refractivity contribution in [3.8, 4) is 0 Å². The van der Waals surface area contributed by atoms with Crippen LogP contribution in [0, 0.1) is 19.3 Å². The highest BCUT2D eigenvalue weighted by atomic mass is 32.2. The third kappa shape index (κ3) is 4.43. The molecule has 21 heavy (non-hydrogen) atoms. The number of benzene rings is 1. The topological polar surface area (TPSA) is 92.4 Å². The summed E-state index contributed by atoms with van der Waals surface area (Å²) in [6.07, 6.45) is 0.355. The van der Waals surface area contributed by atoms with Crippen molar-refractivity contribution in [2.24, 2.45) is 5.41 Å². The molecule has 0 fully saturated rings. The molecule has 0 aromatic heterocycles. The molecule has 0 heterocycles. The van der Waals surface area contributed by atoms with E-state index in [1.807, 2.05) is 34.6 Å². The third-order valence-corrected chi connectivity index (χ3v) is 5.20. The van der Waals surface area contributed by atoms with Crippen LogP contribution in [0.1, 0.15) is 38.3 Å². The predicted octanol–water partition coefficient (Wildman–Crippen LogP) is 1.96. The number of aryl methyl sites for hydroxylation is 2. The molecule has 1 aromatic rings. The standard InChI is InChI=1S/C15H26N2O3S/c1-10-8-12(16)13(9-11(10)2)21(19,20)17-14(6-7-18)15(3,4)5/h8-9,14,17-18H,6-7,16H2,1-5H3. The van der Waals surface area contributed by atoms with Gasteiger partial charge in [-0.1, -0.05) is 20.8 Å². The number of hydrogen-bond acceptors (Lipinski definition) is 4. The predicted molar refractivity (Wildman–Crippen MR) is 85.6 cm³/mol. The normalized spacial score (nSPS) is 14.2. The van der Waals surface area contributed by atoms with Gasteiger partial charge in [0.05, 0.1) is 5.69 Å². The number of nitrogens with one attached hydrogen (secondary N) is 1. The number of aliphatic hydroxyl groups is 1. The van der Waals surface area contributed by atoms with Crippen LogP contribution in [0.3, 0.4) is 0 Å². The maximum absolute atomic E-state index is 12.6. The second-order valence-electron chi connectivity index (χ2n) is 6.53. The van der Waals surface area contributed by atoms with E-state index in [0.717, 1.165) is 11.1 Å². The van der Waals surface area contributed by atoms with Gasteiger partial charge >= 0.3 is 0 Å². The van der Waals surface area contributed by atoms with Gasteiger partial charge in [-0.15, -0.1) is 0 Å². The highest BCUT2D eigenvalue weighted by molar-refractivity contribution is 7.89. The van der Waals surface area contributed by atoms with Crippen LogP contribution in [0.25, 0.3) is 0 Å². The Balaban J connectivity index is 3.20. The zero-order valence-electron chi connectivity index (χ0n) is 13.4. The van der Waals surface area contributed by atoms with E-state index < -0.39 is 10.0 Å². The summed E-state index contributed by atoms with van der Waals surface area (Å²) in [5.74, 6) is 0. The lowest BCUT2D eigenvalue weighted by atomic mass is 9.86.